The molecule has 0 saturated heterocycles. The molecule has 0 bridgehead atoms. The van der Waals surface area contributed by atoms with Crippen molar-refractivity contribution in [2.75, 3.05) is 19.0 Å². The van der Waals surface area contributed by atoms with Crippen molar-refractivity contribution in [3.63, 3.8) is 0 Å². The van der Waals surface area contributed by atoms with E-state index in [-0.39, 0.29) is 23.6 Å². The lowest BCUT2D eigenvalue weighted by atomic mass is 10.0. The highest BCUT2D eigenvalue weighted by Gasteiger charge is 2.25. The van der Waals surface area contributed by atoms with Crippen molar-refractivity contribution in [1.29, 1.82) is 0 Å². The maximum atomic E-state index is 13.1. The van der Waals surface area contributed by atoms with Gasteiger partial charge in [-0.1, -0.05) is 39.0 Å². The zero-order valence-corrected chi connectivity index (χ0v) is 19.7. The summed E-state index contributed by atoms with van der Waals surface area (Å²) in [6.07, 6.45) is 1.28. The third-order valence-corrected chi connectivity index (χ3v) is 5.46. The van der Waals surface area contributed by atoms with Crippen LogP contribution < -0.4 is 20.7 Å². The molecule has 1 aromatic heterocycles. The molecule has 2 aromatic carbocycles. The van der Waals surface area contributed by atoms with Crippen LogP contribution in [0.5, 0.6) is 5.75 Å². The fourth-order valence-corrected chi connectivity index (χ4v) is 3.58. The summed E-state index contributed by atoms with van der Waals surface area (Å²) >= 11 is 0. The zero-order valence-electron chi connectivity index (χ0n) is 19.7. The van der Waals surface area contributed by atoms with E-state index in [9.17, 15) is 9.59 Å². The van der Waals surface area contributed by atoms with Gasteiger partial charge in [-0.3, -0.25) is 9.59 Å². The molecule has 0 aliphatic heterocycles. The Morgan fingerprint density at radius 1 is 1.03 bits per heavy atom. The summed E-state index contributed by atoms with van der Waals surface area (Å²) in [4.78, 5) is 25.9. The molecule has 7 heteroatoms. The standard InChI is InChI=1S/C26H33N3O4/c1-5-19(16-27-20-10-12-21(32-4)13-11-20)28-25(30)22(14-17(2)3)29-26(31)24-15-18-8-6-7-9-23(18)33-24/h6-13,15,17,19,22,27H,5,14,16H2,1-4H3,(H,28,30)(H,29,31)/t19-,22-/m0/s1. The maximum Gasteiger partial charge on any atom is 0.287 e. The highest BCUT2D eigenvalue weighted by Crippen LogP contribution is 2.19. The van der Waals surface area contributed by atoms with Gasteiger partial charge in [0.05, 0.1) is 7.11 Å². The first-order chi connectivity index (χ1) is 15.9. The van der Waals surface area contributed by atoms with Crippen molar-refractivity contribution >= 4 is 28.5 Å². The fourth-order valence-electron chi connectivity index (χ4n) is 3.58. The van der Waals surface area contributed by atoms with E-state index in [1.165, 1.54) is 0 Å². The first-order valence-corrected chi connectivity index (χ1v) is 11.4. The number of benzene rings is 2. The summed E-state index contributed by atoms with van der Waals surface area (Å²) in [5.74, 6) is 0.630. The number of methoxy groups -OCH3 is 1. The van der Waals surface area contributed by atoms with Crippen molar-refractivity contribution in [2.45, 2.75) is 45.7 Å². The average molecular weight is 452 g/mol. The van der Waals surface area contributed by atoms with E-state index in [2.05, 4.69) is 16.0 Å². The van der Waals surface area contributed by atoms with E-state index < -0.39 is 11.9 Å². The average Bonchev–Trinajstić information content (AvgIpc) is 3.25. The van der Waals surface area contributed by atoms with Crippen molar-refractivity contribution in [2.24, 2.45) is 5.92 Å². The molecule has 0 fully saturated rings. The molecule has 3 N–H and O–H groups in total. The Morgan fingerprint density at radius 2 is 1.76 bits per heavy atom. The predicted octanol–water partition coefficient (Wildman–Crippen LogP) is 4.59. The second-order valence-electron chi connectivity index (χ2n) is 8.53. The van der Waals surface area contributed by atoms with Crippen LogP contribution in [0.1, 0.15) is 44.2 Å². The molecule has 0 aliphatic carbocycles. The van der Waals surface area contributed by atoms with Gasteiger partial charge in [-0.15, -0.1) is 0 Å². The Kier molecular flexibility index (Phi) is 8.35. The minimum atomic E-state index is -0.652. The molecule has 33 heavy (non-hydrogen) atoms. The molecule has 7 nitrogen and oxygen atoms in total. The molecule has 176 valence electrons. The van der Waals surface area contributed by atoms with Gasteiger partial charge in [0, 0.05) is 23.7 Å². The Balaban J connectivity index is 1.62. The first kappa shape index (κ1) is 24.2. The Labute approximate surface area is 194 Å². The van der Waals surface area contributed by atoms with E-state index in [4.69, 9.17) is 9.15 Å². The Hall–Kier alpha value is -3.48. The van der Waals surface area contributed by atoms with Gasteiger partial charge in [0.2, 0.25) is 5.91 Å². The van der Waals surface area contributed by atoms with Gasteiger partial charge in [-0.05, 0) is 55.2 Å². The Bertz CT molecular complexity index is 1030. The number of para-hydroxylation sites is 1. The van der Waals surface area contributed by atoms with Gasteiger partial charge < -0.3 is 25.1 Å². The molecule has 2 amide bonds. The normalized spacial score (nSPS) is 12.9. The van der Waals surface area contributed by atoms with Gasteiger partial charge in [0.25, 0.3) is 5.91 Å². The lowest BCUT2D eigenvalue weighted by Gasteiger charge is -2.24. The Morgan fingerprint density at radius 3 is 2.39 bits per heavy atom. The number of hydrogen-bond donors (Lipinski definition) is 3. The topological polar surface area (TPSA) is 92.6 Å². The highest BCUT2D eigenvalue weighted by atomic mass is 16.5. The summed E-state index contributed by atoms with van der Waals surface area (Å²) in [5, 5.41) is 10.1. The first-order valence-electron chi connectivity index (χ1n) is 11.4. The van der Waals surface area contributed by atoms with Gasteiger partial charge in [0.1, 0.15) is 17.4 Å². The van der Waals surface area contributed by atoms with Crippen LogP contribution in [0.2, 0.25) is 0 Å². The number of carbonyl (C=O) groups excluding carboxylic acids is 2. The number of furan rings is 1. The van der Waals surface area contributed by atoms with Crippen LogP contribution in [0.3, 0.4) is 0 Å². The number of amides is 2. The molecule has 1 heterocycles. The maximum absolute atomic E-state index is 13.1. The lowest BCUT2D eigenvalue weighted by Crippen LogP contribution is -2.51. The molecule has 3 aromatic rings. The number of carbonyl (C=O) groups is 2. The van der Waals surface area contributed by atoms with Gasteiger partial charge in [-0.25, -0.2) is 0 Å². The quantitative estimate of drug-likeness (QED) is 0.396. The van der Waals surface area contributed by atoms with Crippen LogP contribution in [-0.4, -0.2) is 37.6 Å². The largest absolute Gasteiger partial charge is 0.497 e. The summed E-state index contributed by atoms with van der Waals surface area (Å²) in [6, 6.07) is 16.0. The molecule has 0 unspecified atom stereocenters. The van der Waals surface area contributed by atoms with Crippen LogP contribution in [-0.2, 0) is 4.79 Å². The number of nitrogens with one attached hydrogen (secondary N) is 3. The van der Waals surface area contributed by atoms with E-state index in [0.29, 0.717) is 18.5 Å². The lowest BCUT2D eigenvalue weighted by molar-refractivity contribution is -0.124. The number of rotatable bonds is 11. The van der Waals surface area contributed by atoms with Gasteiger partial charge in [0.15, 0.2) is 5.76 Å². The molecule has 2 atom stereocenters. The third kappa shape index (κ3) is 6.75. The van der Waals surface area contributed by atoms with E-state index in [1.807, 2.05) is 69.3 Å². The number of ether oxygens (including phenoxy) is 1. The van der Waals surface area contributed by atoms with Crippen LogP contribution in [0.25, 0.3) is 11.0 Å². The molecule has 0 spiro atoms. The molecule has 0 aliphatic rings. The summed E-state index contributed by atoms with van der Waals surface area (Å²) < 4.78 is 10.8. The van der Waals surface area contributed by atoms with Crippen molar-refractivity contribution in [1.82, 2.24) is 10.6 Å². The second-order valence-corrected chi connectivity index (χ2v) is 8.53. The molecule has 0 saturated carbocycles. The molecule has 3 rings (SSSR count). The summed E-state index contributed by atoms with van der Waals surface area (Å²) in [6.45, 7) is 6.64. The monoisotopic (exact) mass is 451 g/mol. The molecule has 0 radical (unpaired) electrons. The van der Waals surface area contributed by atoms with Crippen LogP contribution in [0.15, 0.2) is 59.0 Å². The molecular formula is C26H33N3O4. The van der Waals surface area contributed by atoms with Crippen molar-refractivity contribution in [3.05, 3.63) is 60.4 Å². The number of fused-ring (bicyclic) bond motifs is 1. The highest BCUT2D eigenvalue weighted by molar-refractivity contribution is 5.98. The predicted molar refractivity (Wildman–Crippen MR) is 131 cm³/mol. The van der Waals surface area contributed by atoms with E-state index in [0.717, 1.165) is 23.2 Å². The number of hydrogen-bond acceptors (Lipinski definition) is 5. The summed E-state index contributed by atoms with van der Waals surface area (Å²) in [5.41, 5.74) is 1.59. The van der Waals surface area contributed by atoms with Crippen LogP contribution >= 0.6 is 0 Å². The van der Waals surface area contributed by atoms with Crippen molar-refractivity contribution < 1.29 is 18.7 Å². The van der Waals surface area contributed by atoms with E-state index >= 15 is 0 Å². The van der Waals surface area contributed by atoms with E-state index in [1.54, 1.807) is 13.2 Å². The SMILES string of the molecule is CC[C@@H](CNc1ccc(OC)cc1)NC(=O)[C@H](CC(C)C)NC(=O)c1cc2ccccc2o1. The van der Waals surface area contributed by atoms with Crippen molar-refractivity contribution in [3.8, 4) is 5.75 Å². The zero-order chi connectivity index (χ0) is 23.8. The van der Waals surface area contributed by atoms with Gasteiger partial charge >= 0.3 is 0 Å². The summed E-state index contributed by atoms with van der Waals surface area (Å²) in [7, 11) is 1.63. The fraction of sp³-hybridized carbons (Fsp3) is 0.385. The van der Waals surface area contributed by atoms with Crippen LogP contribution in [0, 0.1) is 5.92 Å². The minimum absolute atomic E-state index is 0.0858. The molecular weight excluding hydrogens is 418 g/mol. The third-order valence-electron chi connectivity index (χ3n) is 5.46. The number of anilines is 1. The minimum Gasteiger partial charge on any atom is -0.497 e. The van der Waals surface area contributed by atoms with Gasteiger partial charge in [-0.2, -0.15) is 0 Å². The second kappa shape index (κ2) is 11.4. The smallest absolute Gasteiger partial charge is 0.287 e. The van der Waals surface area contributed by atoms with Crippen LogP contribution in [0.4, 0.5) is 5.69 Å².